The molecule has 10 heteroatoms. The largest absolute Gasteiger partial charge is 0.490 e. The van der Waals surface area contributed by atoms with E-state index in [-0.39, 0.29) is 17.1 Å². The molecule has 0 aliphatic carbocycles. The van der Waals surface area contributed by atoms with Crippen molar-refractivity contribution in [2.75, 3.05) is 45.0 Å². The summed E-state index contributed by atoms with van der Waals surface area (Å²) in [6, 6.07) is 2.56. The van der Waals surface area contributed by atoms with E-state index < -0.39 is 34.4 Å². The Balaban J connectivity index is 2.11. The van der Waals surface area contributed by atoms with Crippen LogP contribution in [0.5, 0.6) is 17.2 Å². The Labute approximate surface area is 177 Å². The van der Waals surface area contributed by atoms with Crippen molar-refractivity contribution >= 4 is 21.7 Å². The van der Waals surface area contributed by atoms with Gasteiger partial charge in [-0.25, -0.2) is 13.2 Å². The van der Waals surface area contributed by atoms with E-state index in [1.165, 1.54) is 24.1 Å². The van der Waals surface area contributed by atoms with Crippen LogP contribution in [-0.2, 0) is 19.4 Å². The first-order valence-corrected chi connectivity index (χ1v) is 11.7. The maximum absolute atomic E-state index is 12.5. The second-order valence-corrected chi connectivity index (χ2v) is 8.97. The monoisotopic (exact) mass is 443 g/mol. The molecular formula is C20H29NO8S. The number of ether oxygens (including phenoxy) is 4. The highest BCUT2D eigenvalue weighted by Gasteiger charge is 2.33. The molecule has 0 N–H and O–H groups in total. The Hall–Kier alpha value is -2.49. The van der Waals surface area contributed by atoms with Gasteiger partial charge >= 0.3 is 5.97 Å². The third-order valence-corrected chi connectivity index (χ3v) is 6.37. The average molecular weight is 444 g/mol. The van der Waals surface area contributed by atoms with Crippen LogP contribution in [-0.4, -0.2) is 76.2 Å². The summed E-state index contributed by atoms with van der Waals surface area (Å²) in [6.45, 7) is 6.05. The van der Waals surface area contributed by atoms with Gasteiger partial charge in [0.15, 0.2) is 27.9 Å². The van der Waals surface area contributed by atoms with Crippen molar-refractivity contribution in [2.45, 2.75) is 33.2 Å². The molecule has 1 saturated heterocycles. The number of carbonyl (C=O) groups is 2. The molecule has 168 valence electrons. The van der Waals surface area contributed by atoms with Crippen LogP contribution in [0.3, 0.4) is 0 Å². The first-order valence-electron chi connectivity index (χ1n) is 9.92. The van der Waals surface area contributed by atoms with Gasteiger partial charge in [0, 0.05) is 13.1 Å². The van der Waals surface area contributed by atoms with Gasteiger partial charge in [-0.2, -0.15) is 0 Å². The molecule has 0 radical (unpaired) electrons. The predicted octanol–water partition coefficient (Wildman–Crippen LogP) is 1.68. The number of likely N-dealkylation sites (N-methyl/N-ethyl adjacent to an activating group) is 1. The molecule has 0 bridgehead atoms. The van der Waals surface area contributed by atoms with Gasteiger partial charge in [0.05, 0.1) is 36.9 Å². The van der Waals surface area contributed by atoms with Gasteiger partial charge in [-0.15, -0.1) is 0 Å². The predicted molar refractivity (Wildman–Crippen MR) is 110 cm³/mol. The Morgan fingerprint density at radius 1 is 1.03 bits per heavy atom. The molecule has 1 unspecified atom stereocenters. The lowest BCUT2D eigenvalue weighted by atomic mass is 10.2. The van der Waals surface area contributed by atoms with Crippen LogP contribution in [0.25, 0.3) is 0 Å². The topological polar surface area (TPSA) is 108 Å². The molecule has 0 spiro atoms. The molecule has 1 aliphatic heterocycles. The summed E-state index contributed by atoms with van der Waals surface area (Å²) < 4.78 is 45.1. The zero-order valence-corrected chi connectivity index (χ0v) is 18.6. The van der Waals surface area contributed by atoms with Crippen molar-refractivity contribution in [1.29, 1.82) is 0 Å². The highest BCUT2D eigenvalue weighted by Crippen LogP contribution is 2.39. The van der Waals surface area contributed by atoms with E-state index in [1.54, 1.807) is 13.8 Å². The van der Waals surface area contributed by atoms with Crippen molar-refractivity contribution in [1.82, 2.24) is 4.90 Å². The summed E-state index contributed by atoms with van der Waals surface area (Å²) in [5.74, 6) is -0.115. The van der Waals surface area contributed by atoms with Gasteiger partial charge in [-0.1, -0.05) is 0 Å². The molecule has 1 aliphatic rings. The fourth-order valence-electron chi connectivity index (χ4n) is 3.10. The minimum absolute atomic E-state index is 0.0572. The minimum atomic E-state index is -3.12. The molecular weight excluding hydrogens is 414 g/mol. The number of nitrogens with zero attached hydrogens (tertiary/aromatic N) is 1. The summed E-state index contributed by atoms with van der Waals surface area (Å²) in [6.07, 6.45) is 0.382. The summed E-state index contributed by atoms with van der Waals surface area (Å²) in [4.78, 5) is 26.2. The number of rotatable bonds is 10. The molecule has 1 heterocycles. The SMILES string of the molecule is CCOc1cc(C(=O)OCC(=O)N(C)C2CCS(=O)(=O)C2)cc(OCC)c1OCC. The van der Waals surface area contributed by atoms with Gasteiger partial charge in [0.25, 0.3) is 5.91 Å². The van der Waals surface area contributed by atoms with Crippen LogP contribution in [0, 0.1) is 0 Å². The highest BCUT2D eigenvalue weighted by molar-refractivity contribution is 7.91. The first-order chi connectivity index (χ1) is 14.2. The van der Waals surface area contributed by atoms with Crippen molar-refractivity contribution in [3.8, 4) is 17.2 Å². The van der Waals surface area contributed by atoms with E-state index >= 15 is 0 Å². The van der Waals surface area contributed by atoms with E-state index in [2.05, 4.69) is 0 Å². The van der Waals surface area contributed by atoms with E-state index in [9.17, 15) is 18.0 Å². The number of carbonyl (C=O) groups excluding carboxylic acids is 2. The fraction of sp³-hybridized carbons (Fsp3) is 0.600. The van der Waals surface area contributed by atoms with Crippen LogP contribution in [0.2, 0.25) is 0 Å². The quantitative estimate of drug-likeness (QED) is 0.503. The molecule has 1 aromatic rings. The van der Waals surface area contributed by atoms with E-state index in [0.717, 1.165) is 0 Å². The third kappa shape index (κ3) is 6.01. The maximum atomic E-state index is 12.5. The van der Waals surface area contributed by atoms with Crippen LogP contribution in [0.4, 0.5) is 0 Å². The summed E-state index contributed by atoms with van der Waals surface area (Å²) in [7, 11) is -1.61. The zero-order chi connectivity index (χ0) is 22.3. The Kier molecular flexibility index (Phi) is 8.33. The van der Waals surface area contributed by atoms with E-state index in [4.69, 9.17) is 18.9 Å². The number of hydrogen-bond acceptors (Lipinski definition) is 8. The average Bonchev–Trinajstić information content (AvgIpc) is 3.07. The minimum Gasteiger partial charge on any atom is -0.490 e. The molecule has 1 atom stereocenters. The van der Waals surface area contributed by atoms with Crippen molar-refractivity contribution in [3.05, 3.63) is 17.7 Å². The summed E-state index contributed by atoms with van der Waals surface area (Å²) >= 11 is 0. The third-order valence-electron chi connectivity index (χ3n) is 4.62. The lowest BCUT2D eigenvalue weighted by molar-refractivity contribution is -0.134. The molecule has 9 nitrogen and oxygen atoms in total. The molecule has 2 rings (SSSR count). The molecule has 1 amide bonds. The molecule has 0 aromatic heterocycles. The van der Waals surface area contributed by atoms with Crippen LogP contribution in [0.15, 0.2) is 12.1 Å². The van der Waals surface area contributed by atoms with Crippen molar-refractivity contribution in [3.63, 3.8) is 0 Å². The maximum Gasteiger partial charge on any atom is 0.338 e. The zero-order valence-electron chi connectivity index (χ0n) is 17.8. The lowest BCUT2D eigenvalue weighted by Crippen LogP contribution is -2.40. The smallest absolute Gasteiger partial charge is 0.338 e. The standard InChI is InChI=1S/C20H29NO8S/c1-5-26-16-10-14(11-17(27-6-2)19(16)28-7-3)20(23)29-12-18(22)21(4)15-8-9-30(24,25)13-15/h10-11,15H,5-9,12-13H2,1-4H3. The lowest BCUT2D eigenvalue weighted by Gasteiger charge is -2.23. The van der Waals surface area contributed by atoms with Gasteiger partial charge in [0.2, 0.25) is 5.75 Å². The Morgan fingerprint density at radius 2 is 1.60 bits per heavy atom. The van der Waals surface area contributed by atoms with Crippen LogP contribution >= 0.6 is 0 Å². The van der Waals surface area contributed by atoms with E-state index in [1.807, 2.05) is 6.92 Å². The van der Waals surface area contributed by atoms with Crippen LogP contribution < -0.4 is 14.2 Å². The Morgan fingerprint density at radius 3 is 2.07 bits per heavy atom. The molecule has 1 aromatic carbocycles. The molecule has 30 heavy (non-hydrogen) atoms. The molecule has 0 saturated carbocycles. The molecule has 1 fully saturated rings. The second kappa shape index (κ2) is 10.5. The fourth-order valence-corrected chi connectivity index (χ4v) is 4.88. The number of amides is 1. The second-order valence-electron chi connectivity index (χ2n) is 6.74. The van der Waals surface area contributed by atoms with Gasteiger partial charge in [0.1, 0.15) is 0 Å². The highest BCUT2D eigenvalue weighted by atomic mass is 32.2. The number of hydrogen-bond donors (Lipinski definition) is 0. The summed E-state index contributed by atoms with van der Waals surface area (Å²) in [5, 5.41) is 0. The first kappa shape index (κ1) is 23.8. The van der Waals surface area contributed by atoms with Gasteiger partial charge in [-0.3, -0.25) is 4.79 Å². The normalized spacial score (nSPS) is 17.3. The number of benzene rings is 1. The summed E-state index contributed by atoms with van der Waals surface area (Å²) in [5.41, 5.74) is 0.157. The van der Waals surface area contributed by atoms with Gasteiger partial charge in [-0.05, 0) is 39.3 Å². The number of esters is 1. The van der Waals surface area contributed by atoms with Crippen LogP contribution in [0.1, 0.15) is 37.6 Å². The van der Waals surface area contributed by atoms with Crippen molar-refractivity contribution in [2.24, 2.45) is 0 Å². The van der Waals surface area contributed by atoms with Crippen molar-refractivity contribution < 1.29 is 37.0 Å². The van der Waals surface area contributed by atoms with E-state index in [0.29, 0.717) is 43.5 Å². The van der Waals surface area contributed by atoms with Gasteiger partial charge < -0.3 is 23.8 Å². The Bertz CT molecular complexity index is 841. The number of sulfone groups is 1.